The Morgan fingerprint density at radius 1 is 1.27 bits per heavy atom. The molecule has 1 atom stereocenters. The average molecular weight is 200 g/mol. The molecule has 1 saturated carbocycles. The van der Waals surface area contributed by atoms with Crippen LogP contribution in [0.2, 0.25) is 0 Å². The van der Waals surface area contributed by atoms with Gasteiger partial charge >= 0.3 is 0 Å². The van der Waals surface area contributed by atoms with Gasteiger partial charge in [0.05, 0.1) is 0 Å². The lowest BCUT2D eigenvalue weighted by Crippen LogP contribution is -1.97. The molecule has 1 aliphatic rings. The van der Waals surface area contributed by atoms with Crippen LogP contribution < -0.4 is 0 Å². The first kappa shape index (κ1) is 10.2. The molecule has 1 aliphatic carbocycles. The van der Waals surface area contributed by atoms with E-state index in [0.717, 1.165) is 12.0 Å². The molecule has 0 spiro atoms. The summed E-state index contributed by atoms with van der Waals surface area (Å²) in [5.74, 6) is 0.602. The number of carbonyl (C=O) groups is 1. The van der Waals surface area contributed by atoms with E-state index in [4.69, 9.17) is 0 Å². The number of aryl methyl sites for hydroxylation is 2. The van der Waals surface area contributed by atoms with Crippen LogP contribution >= 0.6 is 0 Å². The quantitative estimate of drug-likeness (QED) is 0.636. The van der Waals surface area contributed by atoms with E-state index in [9.17, 15) is 4.79 Å². The van der Waals surface area contributed by atoms with Crippen molar-refractivity contribution in [3.63, 3.8) is 0 Å². The topological polar surface area (TPSA) is 17.1 Å². The predicted octanol–water partition coefficient (Wildman–Crippen LogP) is 3.31. The van der Waals surface area contributed by atoms with E-state index < -0.39 is 0 Å². The van der Waals surface area contributed by atoms with Gasteiger partial charge in [0.25, 0.3) is 0 Å². The summed E-state index contributed by atoms with van der Waals surface area (Å²) in [6.45, 7) is 8.02. The number of benzene rings is 1. The maximum Gasteiger partial charge on any atom is 0.158 e. The Bertz CT molecular complexity index is 413. The summed E-state index contributed by atoms with van der Waals surface area (Å²) in [6.07, 6.45) is 1.48. The third-order valence-corrected chi connectivity index (χ3v) is 3.18. The molecule has 1 unspecified atom stereocenters. The number of rotatable bonds is 1. The molecule has 0 N–H and O–H groups in total. The van der Waals surface area contributed by atoms with Crippen LogP contribution in [0.4, 0.5) is 0 Å². The van der Waals surface area contributed by atoms with Gasteiger partial charge in [0, 0.05) is 6.42 Å². The molecule has 0 radical (unpaired) electrons. The monoisotopic (exact) mass is 200 g/mol. The molecule has 0 heterocycles. The first-order valence-electron chi connectivity index (χ1n) is 5.36. The molecular formula is C14H16O. The summed E-state index contributed by atoms with van der Waals surface area (Å²) in [5.41, 5.74) is 4.68. The number of carbonyl (C=O) groups excluding carboxylic acids is 1. The molecular weight excluding hydrogens is 184 g/mol. The van der Waals surface area contributed by atoms with E-state index in [1.54, 1.807) is 0 Å². The van der Waals surface area contributed by atoms with Crippen molar-refractivity contribution in [1.82, 2.24) is 0 Å². The van der Waals surface area contributed by atoms with Crippen molar-refractivity contribution in [3.8, 4) is 0 Å². The van der Waals surface area contributed by atoms with Gasteiger partial charge in [-0.1, -0.05) is 30.3 Å². The van der Waals surface area contributed by atoms with Gasteiger partial charge in [-0.2, -0.15) is 0 Å². The number of Topliss-reactive ketones (excluding diaryl/α,β-unsaturated/α-hetero) is 1. The number of allylic oxidation sites excluding steroid dienone is 1. The van der Waals surface area contributed by atoms with Gasteiger partial charge in [0.2, 0.25) is 0 Å². The summed E-state index contributed by atoms with van der Waals surface area (Å²) >= 11 is 0. The summed E-state index contributed by atoms with van der Waals surface area (Å²) in [5, 5.41) is 0. The Morgan fingerprint density at radius 3 is 2.53 bits per heavy atom. The molecule has 15 heavy (non-hydrogen) atoms. The van der Waals surface area contributed by atoms with E-state index in [0.29, 0.717) is 12.3 Å². The summed E-state index contributed by atoms with van der Waals surface area (Å²) in [4.78, 5) is 11.4. The van der Waals surface area contributed by atoms with Crippen LogP contribution in [0.25, 0.3) is 0 Å². The van der Waals surface area contributed by atoms with Crippen molar-refractivity contribution < 1.29 is 4.79 Å². The van der Waals surface area contributed by atoms with Gasteiger partial charge in [0.15, 0.2) is 5.78 Å². The Kier molecular flexibility index (Phi) is 2.47. The molecule has 1 aromatic rings. The van der Waals surface area contributed by atoms with Crippen molar-refractivity contribution in [1.29, 1.82) is 0 Å². The fraction of sp³-hybridized carbons (Fsp3) is 0.357. The van der Waals surface area contributed by atoms with Crippen LogP contribution in [0.1, 0.15) is 35.4 Å². The van der Waals surface area contributed by atoms with Crippen molar-refractivity contribution in [2.24, 2.45) is 0 Å². The lowest BCUT2D eigenvalue weighted by atomic mass is 9.92. The zero-order chi connectivity index (χ0) is 11.0. The zero-order valence-corrected chi connectivity index (χ0v) is 9.34. The second-order valence-corrected chi connectivity index (χ2v) is 4.49. The smallest absolute Gasteiger partial charge is 0.158 e. The number of hydrogen-bond donors (Lipinski definition) is 0. The molecule has 2 rings (SSSR count). The average Bonchev–Trinajstić information content (AvgIpc) is 2.46. The summed E-state index contributed by atoms with van der Waals surface area (Å²) < 4.78 is 0. The van der Waals surface area contributed by atoms with Crippen molar-refractivity contribution >= 4 is 5.78 Å². The molecule has 78 valence electrons. The molecule has 1 fully saturated rings. The molecule has 0 amide bonds. The summed E-state index contributed by atoms with van der Waals surface area (Å²) in [7, 11) is 0. The van der Waals surface area contributed by atoms with Crippen LogP contribution in [0.5, 0.6) is 0 Å². The van der Waals surface area contributed by atoms with Gasteiger partial charge in [-0.05, 0) is 42.9 Å². The minimum absolute atomic E-state index is 0.236. The normalized spacial score (nSPS) is 21.1. The van der Waals surface area contributed by atoms with Crippen molar-refractivity contribution in [2.75, 3.05) is 0 Å². The third-order valence-electron chi connectivity index (χ3n) is 3.18. The Balaban J connectivity index is 2.31. The highest BCUT2D eigenvalue weighted by Gasteiger charge is 2.27. The Hall–Kier alpha value is -1.37. The van der Waals surface area contributed by atoms with E-state index in [2.05, 4.69) is 38.6 Å². The minimum atomic E-state index is 0.236. The molecule has 0 bridgehead atoms. The van der Waals surface area contributed by atoms with E-state index in [-0.39, 0.29) is 5.78 Å². The van der Waals surface area contributed by atoms with E-state index in [1.807, 2.05) is 0 Å². The van der Waals surface area contributed by atoms with Gasteiger partial charge in [-0.15, -0.1) is 0 Å². The Morgan fingerprint density at radius 2 is 2.00 bits per heavy atom. The lowest BCUT2D eigenvalue weighted by Gasteiger charge is -2.12. The van der Waals surface area contributed by atoms with Gasteiger partial charge in [0.1, 0.15) is 0 Å². The molecule has 0 saturated heterocycles. The number of hydrogen-bond acceptors (Lipinski definition) is 1. The van der Waals surface area contributed by atoms with E-state index >= 15 is 0 Å². The van der Waals surface area contributed by atoms with Gasteiger partial charge in [-0.3, -0.25) is 4.79 Å². The van der Waals surface area contributed by atoms with Crippen molar-refractivity contribution in [2.45, 2.75) is 32.6 Å². The molecule has 0 aromatic heterocycles. The predicted molar refractivity (Wildman–Crippen MR) is 62.0 cm³/mol. The minimum Gasteiger partial charge on any atom is -0.295 e. The second kappa shape index (κ2) is 3.65. The maximum absolute atomic E-state index is 11.4. The molecule has 1 heteroatoms. The third kappa shape index (κ3) is 1.87. The molecule has 1 nitrogen and oxygen atoms in total. The fourth-order valence-electron chi connectivity index (χ4n) is 2.36. The highest BCUT2D eigenvalue weighted by Crippen LogP contribution is 2.36. The van der Waals surface area contributed by atoms with Crippen LogP contribution in [-0.2, 0) is 4.79 Å². The first-order chi connectivity index (χ1) is 7.08. The highest BCUT2D eigenvalue weighted by molar-refractivity contribution is 5.97. The maximum atomic E-state index is 11.4. The van der Waals surface area contributed by atoms with Crippen molar-refractivity contribution in [3.05, 3.63) is 47.0 Å². The molecule has 1 aromatic carbocycles. The van der Waals surface area contributed by atoms with Crippen LogP contribution in [0.15, 0.2) is 30.4 Å². The number of ketones is 1. The molecule has 0 aliphatic heterocycles. The zero-order valence-electron chi connectivity index (χ0n) is 9.34. The first-order valence-corrected chi connectivity index (χ1v) is 5.36. The second-order valence-electron chi connectivity index (χ2n) is 4.49. The standard InChI is InChI=1S/C14H16O/c1-9-4-5-13(10(2)6-9)12-7-11(3)14(15)8-12/h4-6,12H,3,7-8H2,1-2H3. The van der Waals surface area contributed by atoms with Crippen LogP contribution in [-0.4, -0.2) is 5.78 Å². The highest BCUT2D eigenvalue weighted by atomic mass is 16.1. The SMILES string of the molecule is C=C1CC(c2ccc(C)cc2C)CC1=O. The van der Waals surface area contributed by atoms with Gasteiger partial charge in [-0.25, -0.2) is 0 Å². The fourth-order valence-corrected chi connectivity index (χ4v) is 2.36. The largest absolute Gasteiger partial charge is 0.295 e. The Labute approximate surface area is 90.8 Å². The van der Waals surface area contributed by atoms with Gasteiger partial charge < -0.3 is 0 Å². The summed E-state index contributed by atoms with van der Waals surface area (Å²) in [6, 6.07) is 6.45. The van der Waals surface area contributed by atoms with Crippen LogP contribution in [0, 0.1) is 13.8 Å². The lowest BCUT2D eigenvalue weighted by molar-refractivity contribution is -0.114. The van der Waals surface area contributed by atoms with E-state index in [1.165, 1.54) is 16.7 Å². The van der Waals surface area contributed by atoms with Crippen LogP contribution in [0.3, 0.4) is 0 Å².